The lowest BCUT2D eigenvalue weighted by atomic mass is 10.0. The molecule has 16 heavy (non-hydrogen) atoms. The van der Waals surface area contributed by atoms with Crippen molar-refractivity contribution >= 4 is 21.5 Å². The number of hydrogen-bond acceptors (Lipinski definition) is 3. The Balaban J connectivity index is 3.21. The number of hydrogen-bond donors (Lipinski definition) is 1. The Morgan fingerprint density at radius 1 is 1.38 bits per heavy atom. The van der Waals surface area contributed by atoms with Gasteiger partial charge >= 0.3 is 0 Å². The topological polar surface area (TPSA) is 44.5 Å². The summed E-state index contributed by atoms with van der Waals surface area (Å²) in [5, 5.41) is 0. The van der Waals surface area contributed by atoms with E-state index in [2.05, 4.69) is 22.5 Å². The van der Waals surface area contributed by atoms with E-state index in [0.717, 1.165) is 33.5 Å². The third-order valence-electron chi connectivity index (χ3n) is 2.28. The summed E-state index contributed by atoms with van der Waals surface area (Å²) >= 11 is 3.49. The Bertz CT molecular complexity index is 391. The molecule has 0 saturated carbocycles. The SMILES string of the molecule is C=C(CCN)c1c(Br)cc(OC)cc1OC. The second-order valence-electron chi connectivity index (χ2n) is 3.33. The first kappa shape index (κ1) is 13.1. The lowest BCUT2D eigenvalue weighted by molar-refractivity contribution is 0.393. The van der Waals surface area contributed by atoms with Gasteiger partial charge in [0.2, 0.25) is 0 Å². The normalized spacial score (nSPS) is 10.0. The van der Waals surface area contributed by atoms with E-state index in [-0.39, 0.29) is 0 Å². The van der Waals surface area contributed by atoms with Gasteiger partial charge in [0.1, 0.15) is 11.5 Å². The Kier molecular flexibility index (Phi) is 4.83. The van der Waals surface area contributed by atoms with Crippen LogP contribution in [0.1, 0.15) is 12.0 Å². The van der Waals surface area contributed by atoms with Crippen LogP contribution in [-0.4, -0.2) is 20.8 Å². The largest absolute Gasteiger partial charge is 0.497 e. The van der Waals surface area contributed by atoms with E-state index in [4.69, 9.17) is 15.2 Å². The van der Waals surface area contributed by atoms with Crippen LogP contribution in [0.3, 0.4) is 0 Å². The van der Waals surface area contributed by atoms with E-state index < -0.39 is 0 Å². The predicted molar refractivity (Wildman–Crippen MR) is 70.0 cm³/mol. The summed E-state index contributed by atoms with van der Waals surface area (Å²) in [7, 11) is 3.25. The Morgan fingerprint density at radius 2 is 2.06 bits per heavy atom. The van der Waals surface area contributed by atoms with E-state index in [0.29, 0.717) is 6.54 Å². The molecule has 0 aliphatic heterocycles. The molecule has 0 saturated heterocycles. The third-order valence-corrected chi connectivity index (χ3v) is 2.91. The fourth-order valence-electron chi connectivity index (χ4n) is 1.48. The monoisotopic (exact) mass is 285 g/mol. The second-order valence-corrected chi connectivity index (χ2v) is 4.18. The zero-order valence-corrected chi connectivity index (χ0v) is 11.1. The van der Waals surface area contributed by atoms with Crippen molar-refractivity contribution in [2.75, 3.05) is 20.8 Å². The van der Waals surface area contributed by atoms with Crippen molar-refractivity contribution in [2.24, 2.45) is 5.73 Å². The minimum atomic E-state index is 0.570. The summed E-state index contributed by atoms with van der Waals surface area (Å²) in [6.45, 7) is 4.58. The molecular formula is C12H16BrNO2. The number of ether oxygens (including phenoxy) is 2. The summed E-state index contributed by atoms with van der Waals surface area (Å²) in [6.07, 6.45) is 0.737. The van der Waals surface area contributed by atoms with E-state index in [9.17, 15) is 0 Å². The van der Waals surface area contributed by atoms with Crippen molar-refractivity contribution in [3.05, 3.63) is 28.7 Å². The maximum absolute atomic E-state index is 5.52. The number of benzene rings is 1. The first-order valence-electron chi connectivity index (χ1n) is 4.93. The summed E-state index contributed by atoms with van der Waals surface area (Å²) in [6, 6.07) is 3.72. The first-order chi connectivity index (χ1) is 7.63. The van der Waals surface area contributed by atoms with Crippen LogP contribution in [0, 0.1) is 0 Å². The molecule has 1 aromatic rings. The van der Waals surface area contributed by atoms with Crippen LogP contribution < -0.4 is 15.2 Å². The Hall–Kier alpha value is -1.00. The van der Waals surface area contributed by atoms with Crippen molar-refractivity contribution < 1.29 is 9.47 Å². The highest BCUT2D eigenvalue weighted by molar-refractivity contribution is 9.10. The van der Waals surface area contributed by atoms with Gasteiger partial charge in [-0.05, 0) is 40.5 Å². The lowest BCUT2D eigenvalue weighted by Crippen LogP contribution is -2.01. The molecule has 0 aliphatic carbocycles. The number of nitrogens with two attached hydrogens (primary N) is 1. The van der Waals surface area contributed by atoms with Crippen molar-refractivity contribution in [3.8, 4) is 11.5 Å². The number of halogens is 1. The fraction of sp³-hybridized carbons (Fsp3) is 0.333. The van der Waals surface area contributed by atoms with Gasteiger partial charge in [-0.25, -0.2) is 0 Å². The molecule has 0 aliphatic rings. The van der Waals surface area contributed by atoms with E-state index in [1.807, 2.05) is 12.1 Å². The highest BCUT2D eigenvalue weighted by Crippen LogP contribution is 2.37. The van der Waals surface area contributed by atoms with Gasteiger partial charge in [-0.15, -0.1) is 0 Å². The second kappa shape index (κ2) is 5.92. The molecule has 0 atom stereocenters. The molecule has 0 amide bonds. The molecule has 1 rings (SSSR count). The van der Waals surface area contributed by atoms with Gasteiger partial charge in [-0.2, -0.15) is 0 Å². The summed E-state index contributed by atoms with van der Waals surface area (Å²) in [4.78, 5) is 0. The highest BCUT2D eigenvalue weighted by atomic mass is 79.9. The Morgan fingerprint density at radius 3 is 2.56 bits per heavy atom. The van der Waals surface area contributed by atoms with Gasteiger partial charge in [-0.1, -0.05) is 6.58 Å². The van der Waals surface area contributed by atoms with E-state index >= 15 is 0 Å². The molecule has 0 bridgehead atoms. The molecule has 0 fully saturated rings. The van der Waals surface area contributed by atoms with Gasteiger partial charge in [0.25, 0.3) is 0 Å². The van der Waals surface area contributed by atoms with Gasteiger partial charge < -0.3 is 15.2 Å². The number of rotatable bonds is 5. The summed E-state index contributed by atoms with van der Waals surface area (Å²) in [5.74, 6) is 1.48. The minimum Gasteiger partial charge on any atom is -0.497 e. The molecule has 0 spiro atoms. The standard InChI is InChI=1S/C12H16BrNO2/c1-8(4-5-14)12-10(13)6-9(15-2)7-11(12)16-3/h6-7H,1,4-5,14H2,2-3H3. The maximum Gasteiger partial charge on any atom is 0.131 e. The summed E-state index contributed by atoms with van der Waals surface area (Å²) < 4.78 is 11.4. The smallest absolute Gasteiger partial charge is 0.131 e. The Labute approximate surface area is 104 Å². The van der Waals surface area contributed by atoms with Crippen LogP contribution in [0.2, 0.25) is 0 Å². The van der Waals surface area contributed by atoms with E-state index in [1.54, 1.807) is 14.2 Å². The highest BCUT2D eigenvalue weighted by Gasteiger charge is 2.12. The summed E-state index contributed by atoms with van der Waals surface area (Å²) in [5.41, 5.74) is 7.43. The van der Waals surface area contributed by atoms with Gasteiger partial charge in [0.15, 0.2) is 0 Å². The average Bonchev–Trinajstić information content (AvgIpc) is 2.27. The average molecular weight is 286 g/mol. The van der Waals surface area contributed by atoms with Crippen LogP contribution in [0.15, 0.2) is 23.2 Å². The van der Waals surface area contributed by atoms with E-state index in [1.165, 1.54) is 0 Å². The molecule has 1 aromatic carbocycles. The maximum atomic E-state index is 5.52. The van der Waals surface area contributed by atoms with Crippen molar-refractivity contribution in [1.82, 2.24) is 0 Å². The fourth-order valence-corrected chi connectivity index (χ4v) is 2.18. The molecule has 0 radical (unpaired) electrons. The molecule has 2 N–H and O–H groups in total. The molecular weight excluding hydrogens is 270 g/mol. The van der Waals surface area contributed by atoms with Crippen molar-refractivity contribution in [3.63, 3.8) is 0 Å². The molecule has 3 nitrogen and oxygen atoms in total. The van der Waals surface area contributed by atoms with Crippen LogP contribution in [0.4, 0.5) is 0 Å². The van der Waals surface area contributed by atoms with Crippen molar-refractivity contribution in [2.45, 2.75) is 6.42 Å². The van der Waals surface area contributed by atoms with Crippen molar-refractivity contribution in [1.29, 1.82) is 0 Å². The lowest BCUT2D eigenvalue weighted by Gasteiger charge is -2.14. The quantitative estimate of drug-likeness (QED) is 0.905. The molecule has 0 heterocycles. The van der Waals surface area contributed by atoms with Gasteiger partial charge in [-0.3, -0.25) is 0 Å². The minimum absolute atomic E-state index is 0.570. The zero-order valence-electron chi connectivity index (χ0n) is 9.55. The molecule has 88 valence electrons. The van der Waals surface area contributed by atoms with Crippen LogP contribution in [0.25, 0.3) is 5.57 Å². The third kappa shape index (κ3) is 2.77. The van der Waals surface area contributed by atoms with Crippen LogP contribution in [0.5, 0.6) is 11.5 Å². The van der Waals surface area contributed by atoms with Gasteiger partial charge in [0, 0.05) is 16.1 Å². The molecule has 0 unspecified atom stereocenters. The zero-order chi connectivity index (χ0) is 12.1. The molecule has 0 aromatic heterocycles. The van der Waals surface area contributed by atoms with Gasteiger partial charge in [0.05, 0.1) is 14.2 Å². The van der Waals surface area contributed by atoms with Crippen LogP contribution in [-0.2, 0) is 0 Å². The van der Waals surface area contributed by atoms with Crippen LogP contribution >= 0.6 is 15.9 Å². The predicted octanol–water partition coefficient (Wildman–Crippen LogP) is 2.83. The first-order valence-corrected chi connectivity index (χ1v) is 5.73. The molecule has 4 heteroatoms. The number of methoxy groups -OCH3 is 2.